The zero-order valence-electron chi connectivity index (χ0n) is 12.0. The van der Waals surface area contributed by atoms with Crippen LogP contribution in [0.4, 0.5) is 0 Å². The number of carbonyl (C=O) groups excluding carboxylic acids is 1. The summed E-state index contributed by atoms with van der Waals surface area (Å²) >= 11 is 0. The highest BCUT2D eigenvalue weighted by atomic mass is 32.2. The number of amides is 1. The monoisotopic (exact) mass is 310 g/mol. The van der Waals surface area contributed by atoms with Gasteiger partial charge in [-0.25, -0.2) is 13.4 Å². The van der Waals surface area contributed by atoms with Crippen molar-refractivity contribution in [1.82, 2.24) is 19.0 Å². The van der Waals surface area contributed by atoms with Crippen molar-refractivity contribution in [2.45, 2.75) is 6.42 Å². The number of likely N-dealkylation sites (N-methyl/N-ethyl adjacent to an activating group) is 1. The van der Waals surface area contributed by atoms with Gasteiger partial charge in [-0.1, -0.05) is 6.07 Å². The van der Waals surface area contributed by atoms with Crippen LogP contribution in [0.2, 0.25) is 0 Å². The van der Waals surface area contributed by atoms with Gasteiger partial charge < -0.3 is 9.72 Å². The topological polar surface area (TPSA) is 83.8 Å². The minimum atomic E-state index is -3.34. The van der Waals surface area contributed by atoms with Crippen molar-refractivity contribution in [3.05, 3.63) is 36.3 Å². The zero-order valence-corrected chi connectivity index (χ0v) is 12.8. The van der Waals surface area contributed by atoms with Crippen LogP contribution in [0.3, 0.4) is 0 Å². The van der Waals surface area contributed by atoms with Gasteiger partial charge in [0.15, 0.2) is 0 Å². The summed E-state index contributed by atoms with van der Waals surface area (Å²) in [5, 5.41) is 2.68. The number of imidazole rings is 1. The standard InChI is InChI=1S/C13H18N4O3S/c1-16(21(2,19)20)10-13(18)14-7-6-11-9-17-8-4-3-5-12(17)15-11/h3-5,8-9H,6-7,10H2,1-2H3,(H,14,18). The molecule has 2 rings (SSSR count). The minimum Gasteiger partial charge on any atom is -0.355 e. The zero-order chi connectivity index (χ0) is 15.5. The summed E-state index contributed by atoms with van der Waals surface area (Å²) in [7, 11) is -1.96. The fourth-order valence-electron chi connectivity index (χ4n) is 1.81. The number of pyridine rings is 1. The number of hydrogen-bond acceptors (Lipinski definition) is 4. The van der Waals surface area contributed by atoms with E-state index in [1.807, 2.05) is 35.0 Å². The van der Waals surface area contributed by atoms with Gasteiger partial charge in [0.1, 0.15) is 5.65 Å². The first-order chi connectivity index (χ1) is 9.86. The van der Waals surface area contributed by atoms with E-state index in [1.54, 1.807) is 0 Å². The smallest absolute Gasteiger partial charge is 0.235 e. The van der Waals surface area contributed by atoms with Crippen LogP contribution in [0.1, 0.15) is 5.69 Å². The maximum absolute atomic E-state index is 11.6. The van der Waals surface area contributed by atoms with Crippen LogP contribution in [0.25, 0.3) is 5.65 Å². The fourth-order valence-corrected chi connectivity index (χ4v) is 2.16. The molecule has 2 heterocycles. The third-order valence-electron chi connectivity index (χ3n) is 3.05. The highest BCUT2D eigenvalue weighted by Crippen LogP contribution is 2.04. The lowest BCUT2D eigenvalue weighted by Crippen LogP contribution is -2.38. The molecule has 0 saturated carbocycles. The molecule has 0 aliphatic carbocycles. The molecule has 1 N–H and O–H groups in total. The molecule has 0 fully saturated rings. The second kappa shape index (κ2) is 6.23. The Morgan fingerprint density at radius 1 is 1.43 bits per heavy atom. The van der Waals surface area contributed by atoms with Gasteiger partial charge in [0.25, 0.3) is 0 Å². The molecule has 0 saturated heterocycles. The average molecular weight is 310 g/mol. The van der Waals surface area contributed by atoms with Crippen LogP contribution < -0.4 is 5.32 Å². The van der Waals surface area contributed by atoms with Crippen molar-refractivity contribution in [1.29, 1.82) is 0 Å². The second-order valence-corrected chi connectivity index (χ2v) is 6.91. The molecule has 7 nitrogen and oxygen atoms in total. The number of hydrogen-bond donors (Lipinski definition) is 1. The summed E-state index contributed by atoms with van der Waals surface area (Å²) < 4.78 is 25.3. The molecule has 0 aromatic carbocycles. The van der Waals surface area contributed by atoms with Crippen LogP contribution in [0.5, 0.6) is 0 Å². The van der Waals surface area contributed by atoms with Gasteiger partial charge in [-0.05, 0) is 12.1 Å². The van der Waals surface area contributed by atoms with Crippen molar-refractivity contribution >= 4 is 21.6 Å². The molecule has 1 amide bonds. The predicted molar refractivity (Wildman–Crippen MR) is 79.4 cm³/mol. The maximum atomic E-state index is 11.6. The molecular formula is C13H18N4O3S. The van der Waals surface area contributed by atoms with Gasteiger partial charge in [0.2, 0.25) is 15.9 Å². The molecule has 2 aromatic rings. The SMILES string of the molecule is CN(CC(=O)NCCc1cn2ccccc2n1)S(C)(=O)=O. The lowest BCUT2D eigenvalue weighted by molar-refractivity contribution is -0.121. The van der Waals surface area contributed by atoms with Gasteiger partial charge in [0, 0.05) is 32.4 Å². The largest absolute Gasteiger partial charge is 0.355 e. The van der Waals surface area contributed by atoms with Crippen LogP contribution in [0, 0.1) is 0 Å². The van der Waals surface area contributed by atoms with Gasteiger partial charge in [-0.15, -0.1) is 0 Å². The Balaban J connectivity index is 1.82. The van der Waals surface area contributed by atoms with Crippen molar-refractivity contribution in [3.8, 4) is 0 Å². The lowest BCUT2D eigenvalue weighted by atomic mass is 10.3. The normalized spacial score (nSPS) is 12.0. The lowest BCUT2D eigenvalue weighted by Gasteiger charge is -2.13. The van der Waals surface area contributed by atoms with Gasteiger partial charge in [0.05, 0.1) is 18.5 Å². The molecule has 0 spiro atoms. The van der Waals surface area contributed by atoms with Crippen molar-refractivity contribution < 1.29 is 13.2 Å². The first-order valence-electron chi connectivity index (χ1n) is 6.47. The first-order valence-corrected chi connectivity index (χ1v) is 8.32. The summed E-state index contributed by atoms with van der Waals surface area (Å²) in [6, 6.07) is 5.74. The first kappa shape index (κ1) is 15.5. The summed E-state index contributed by atoms with van der Waals surface area (Å²) in [6.45, 7) is 0.240. The van der Waals surface area contributed by atoms with E-state index in [1.165, 1.54) is 7.05 Å². The van der Waals surface area contributed by atoms with E-state index in [9.17, 15) is 13.2 Å². The van der Waals surface area contributed by atoms with E-state index < -0.39 is 10.0 Å². The molecule has 0 bridgehead atoms. The molecular weight excluding hydrogens is 292 g/mol. The predicted octanol–water partition coefficient (Wildman–Crippen LogP) is -0.116. The Morgan fingerprint density at radius 3 is 2.86 bits per heavy atom. The number of rotatable bonds is 6. The van der Waals surface area contributed by atoms with Crippen LogP contribution >= 0.6 is 0 Å². The Hall–Kier alpha value is -1.93. The number of sulfonamides is 1. The van der Waals surface area contributed by atoms with Crippen LogP contribution in [-0.4, -0.2) is 54.4 Å². The van der Waals surface area contributed by atoms with E-state index in [0.717, 1.165) is 21.9 Å². The molecule has 0 radical (unpaired) electrons. The summed E-state index contributed by atoms with van der Waals surface area (Å²) in [5.74, 6) is -0.327. The Bertz CT molecular complexity index is 706. The Labute approximate surface area is 123 Å². The molecule has 0 unspecified atom stereocenters. The highest BCUT2D eigenvalue weighted by molar-refractivity contribution is 7.88. The van der Waals surface area contributed by atoms with Gasteiger partial charge in [-0.3, -0.25) is 4.79 Å². The van der Waals surface area contributed by atoms with Crippen LogP contribution in [0.15, 0.2) is 30.6 Å². The summed E-state index contributed by atoms with van der Waals surface area (Å²) in [6.07, 6.45) is 5.47. The van der Waals surface area contributed by atoms with Crippen molar-refractivity contribution in [3.63, 3.8) is 0 Å². The maximum Gasteiger partial charge on any atom is 0.235 e. The Kier molecular flexibility index (Phi) is 4.59. The molecule has 0 aliphatic heterocycles. The highest BCUT2D eigenvalue weighted by Gasteiger charge is 2.14. The minimum absolute atomic E-state index is 0.177. The number of nitrogens with zero attached hydrogens (tertiary/aromatic N) is 3. The van der Waals surface area contributed by atoms with Crippen molar-refractivity contribution in [2.75, 3.05) is 26.4 Å². The van der Waals surface area contributed by atoms with Gasteiger partial charge >= 0.3 is 0 Å². The second-order valence-electron chi connectivity index (χ2n) is 4.82. The van der Waals surface area contributed by atoms with Gasteiger partial charge in [-0.2, -0.15) is 4.31 Å². The fraction of sp³-hybridized carbons (Fsp3) is 0.385. The molecule has 21 heavy (non-hydrogen) atoms. The summed E-state index contributed by atoms with van der Waals surface area (Å²) in [5.41, 5.74) is 1.73. The molecule has 0 atom stereocenters. The molecule has 0 aliphatic rings. The van der Waals surface area contributed by atoms with E-state index in [4.69, 9.17) is 0 Å². The number of aromatic nitrogens is 2. The van der Waals surface area contributed by atoms with E-state index in [2.05, 4.69) is 10.3 Å². The number of fused-ring (bicyclic) bond motifs is 1. The average Bonchev–Trinajstić information content (AvgIpc) is 2.80. The number of nitrogens with one attached hydrogen (secondary N) is 1. The molecule has 8 heteroatoms. The summed E-state index contributed by atoms with van der Waals surface area (Å²) in [4.78, 5) is 16.0. The third-order valence-corrected chi connectivity index (χ3v) is 4.31. The van der Waals surface area contributed by atoms with Crippen LogP contribution in [-0.2, 0) is 21.2 Å². The van der Waals surface area contributed by atoms with E-state index in [-0.39, 0.29) is 12.5 Å². The molecule has 2 aromatic heterocycles. The Morgan fingerprint density at radius 2 is 2.19 bits per heavy atom. The van der Waals surface area contributed by atoms with E-state index >= 15 is 0 Å². The molecule has 114 valence electrons. The number of carbonyl (C=O) groups is 1. The van der Waals surface area contributed by atoms with Crippen molar-refractivity contribution in [2.24, 2.45) is 0 Å². The van der Waals surface area contributed by atoms with E-state index in [0.29, 0.717) is 13.0 Å². The quantitative estimate of drug-likeness (QED) is 0.806. The third kappa shape index (κ3) is 4.27.